The van der Waals surface area contributed by atoms with Gasteiger partial charge in [-0.25, -0.2) is 0 Å². The lowest BCUT2D eigenvalue weighted by Crippen LogP contribution is -2.32. The van der Waals surface area contributed by atoms with E-state index < -0.39 is 0 Å². The van der Waals surface area contributed by atoms with E-state index in [0.29, 0.717) is 12.1 Å². The number of phenolic OH excluding ortho intramolecular Hbond substituents is 1. The molecule has 108 valence electrons. The van der Waals surface area contributed by atoms with Crippen LogP contribution in [0.2, 0.25) is 0 Å². The first-order valence-corrected chi connectivity index (χ1v) is 7.24. The Balaban J connectivity index is 1.69. The number of nitrogens with one attached hydrogen (secondary N) is 1. The lowest BCUT2D eigenvalue weighted by molar-refractivity contribution is 0.0947. The molecule has 21 heavy (non-hydrogen) atoms. The molecule has 0 heterocycles. The molecule has 2 N–H and O–H groups in total. The lowest BCUT2D eigenvalue weighted by atomic mass is 9.96. The number of carbonyl (C=O) groups excluding carboxylic acids is 1. The molecule has 0 spiro atoms. The summed E-state index contributed by atoms with van der Waals surface area (Å²) in [6.45, 7) is 2.50. The number of aryl methyl sites for hydroxylation is 1. The second kappa shape index (κ2) is 5.24. The number of rotatable bonds is 4. The fourth-order valence-electron chi connectivity index (χ4n) is 2.69. The van der Waals surface area contributed by atoms with Crippen LogP contribution in [0.5, 0.6) is 5.75 Å². The molecule has 3 nitrogen and oxygen atoms in total. The second-order valence-corrected chi connectivity index (χ2v) is 5.85. The molecular formula is C18H19NO2. The molecule has 1 saturated carbocycles. The highest BCUT2D eigenvalue weighted by atomic mass is 16.3. The van der Waals surface area contributed by atoms with Gasteiger partial charge in [-0.2, -0.15) is 0 Å². The Kier molecular flexibility index (Phi) is 3.42. The summed E-state index contributed by atoms with van der Waals surface area (Å²) in [4.78, 5) is 12.2. The molecule has 0 aromatic heterocycles. The minimum Gasteiger partial charge on any atom is -0.507 e. The van der Waals surface area contributed by atoms with Gasteiger partial charge in [-0.3, -0.25) is 4.79 Å². The number of amides is 1. The van der Waals surface area contributed by atoms with Crippen molar-refractivity contribution in [3.8, 4) is 5.75 Å². The number of carbonyl (C=O) groups is 1. The molecule has 1 fully saturated rings. The van der Waals surface area contributed by atoms with E-state index in [0.717, 1.165) is 18.4 Å². The van der Waals surface area contributed by atoms with Crippen molar-refractivity contribution in [3.05, 3.63) is 65.2 Å². The van der Waals surface area contributed by atoms with Crippen LogP contribution in [0.25, 0.3) is 0 Å². The van der Waals surface area contributed by atoms with Crippen molar-refractivity contribution >= 4 is 5.91 Å². The minimum absolute atomic E-state index is 0.0389. The zero-order chi connectivity index (χ0) is 14.9. The summed E-state index contributed by atoms with van der Waals surface area (Å²) < 4.78 is 0. The van der Waals surface area contributed by atoms with Gasteiger partial charge in [0.25, 0.3) is 5.91 Å². The van der Waals surface area contributed by atoms with E-state index in [9.17, 15) is 9.90 Å². The molecule has 3 rings (SSSR count). The number of hydrogen-bond donors (Lipinski definition) is 2. The fraction of sp³-hybridized carbons (Fsp3) is 0.278. The Labute approximate surface area is 124 Å². The van der Waals surface area contributed by atoms with E-state index >= 15 is 0 Å². The first-order chi connectivity index (χ1) is 10.1. The van der Waals surface area contributed by atoms with Crippen LogP contribution in [-0.4, -0.2) is 17.6 Å². The molecule has 1 amide bonds. The molecule has 3 heteroatoms. The highest BCUT2D eigenvalue weighted by Gasteiger charge is 2.44. The Morgan fingerprint density at radius 1 is 1.19 bits per heavy atom. The minimum atomic E-state index is -0.213. The molecule has 1 aliphatic carbocycles. The van der Waals surface area contributed by atoms with Gasteiger partial charge in [-0.15, -0.1) is 0 Å². The second-order valence-electron chi connectivity index (χ2n) is 5.85. The van der Waals surface area contributed by atoms with Crippen LogP contribution in [0.15, 0.2) is 48.5 Å². The normalized spacial score (nSPS) is 15.5. The average molecular weight is 281 g/mol. The van der Waals surface area contributed by atoms with Crippen LogP contribution in [0.4, 0.5) is 0 Å². The zero-order valence-corrected chi connectivity index (χ0v) is 12.1. The van der Waals surface area contributed by atoms with E-state index in [4.69, 9.17) is 0 Å². The SMILES string of the molecule is Cc1ccc(C(=O)NCC2(c3ccccc3)CC2)c(O)c1. The third kappa shape index (κ3) is 2.77. The molecule has 2 aromatic rings. The summed E-state index contributed by atoms with van der Waals surface area (Å²) >= 11 is 0. The van der Waals surface area contributed by atoms with Crippen LogP contribution < -0.4 is 5.32 Å². The molecule has 2 aromatic carbocycles. The molecule has 0 aliphatic heterocycles. The van der Waals surface area contributed by atoms with Gasteiger partial charge >= 0.3 is 0 Å². The number of aromatic hydroxyl groups is 1. The van der Waals surface area contributed by atoms with Gasteiger partial charge in [0.15, 0.2) is 0 Å². The molecular weight excluding hydrogens is 262 g/mol. The Morgan fingerprint density at radius 3 is 2.52 bits per heavy atom. The largest absolute Gasteiger partial charge is 0.507 e. The predicted molar refractivity (Wildman–Crippen MR) is 82.5 cm³/mol. The highest BCUT2D eigenvalue weighted by Crippen LogP contribution is 2.47. The zero-order valence-electron chi connectivity index (χ0n) is 12.1. The molecule has 0 unspecified atom stereocenters. The number of phenols is 1. The van der Waals surface area contributed by atoms with E-state index in [2.05, 4.69) is 17.4 Å². The molecule has 0 radical (unpaired) electrons. The summed E-state index contributed by atoms with van der Waals surface area (Å²) in [5.41, 5.74) is 2.63. The summed E-state index contributed by atoms with van der Waals surface area (Å²) in [7, 11) is 0. The van der Waals surface area contributed by atoms with Crippen molar-refractivity contribution in [3.63, 3.8) is 0 Å². The van der Waals surface area contributed by atoms with Crippen molar-refractivity contribution in [2.75, 3.05) is 6.54 Å². The van der Waals surface area contributed by atoms with Crippen molar-refractivity contribution in [1.29, 1.82) is 0 Å². The third-order valence-corrected chi connectivity index (χ3v) is 4.22. The maximum Gasteiger partial charge on any atom is 0.255 e. The maximum atomic E-state index is 12.2. The van der Waals surface area contributed by atoms with Gasteiger partial charge in [0.1, 0.15) is 5.75 Å². The summed E-state index contributed by atoms with van der Waals surface area (Å²) in [5, 5.41) is 12.8. The van der Waals surface area contributed by atoms with Crippen LogP contribution in [0.3, 0.4) is 0 Å². The highest BCUT2D eigenvalue weighted by molar-refractivity contribution is 5.96. The van der Waals surface area contributed by atoms with Crippen molar-refractivity contribution in [2.45, 2.75) is 25.2 Å². The van der Waals surface area contributed by atoms with Crippen LogP contribution in [-0.2, 0) is 5.41 Å². The van der Waals surface area contributed by atoms with Gasteiger partial charge < -0.3 is 10.4 Å². The number of hydrogen-bond acceptors (Lipinski definition) is 2. The summed E-state index contributed by atoms with van der Waals surface area (Å²) in [6, 6.07) is 15.4. The van der Waals surface area contributed by atoms with E-state index in [1.807, 2.05) is 31.2 Å². The molecule has 0 atom stereocenters. The first kappa shape index (κ1) is 13.7. The van der Waals surface area contributed by atoms with Crippen LogP contribution in [0, 0.1) is 6.92 Å². The predicted octanol–water partition coefficient (Wildman–Crippen LogP) is 3.16. The molecule has 0 bridgehead atoms. The quantitative estimate of drug-likeness (QED) is 0.904. The van der Waals surface area contributed by atoms with E-state index in [1.54, 1.807) is 12.1 Å². The monoisotopic (exact) mass is 281 g/mol. The Morgan fingerprint density at radius 2 is 1.90 bits per heavy atom. The number of benzene rings is 2. The topological polar surface area (TPSA) is 49.3 Å². The van der Waals surface area contributed by atoms with E-state index in [1.165, 1.54) is 5.56 Å². The van der Waals surface area contributed by atoms with Gasteiger partial charge in [0, 0.05) is 12.0 Å². The standard InChI is InChI=1S/C18H19NO2/c1-13-7-8-15(16(20)11-13)17(21)19-12-18(9-10-18)14-5-3-2-4-6-14/h2-8,11,20H,9-10,12H2,1H3,(H,19,21). The van der Waals surface area contributed by atoms with Crippen LogP contribution in [0.1, 0.15) is 34.3 Å². The summed E-state index contributed by atoms with van der Waals surface area (Å²) in [6.07, 6.45) is 2.19. The van der Waals surface area contributed by atoms with Crippen molar-refractivity contribution in [2.24, 2.45) is 0 Å². The van der Waals surface area contributed by atoms with Crippen LogP contribution >= 0.6 is 0 Å². The van der Waals surface area contributed by atoms with E-state index in [-0.39, 0.29) is 17.1 Å². The average Bonchev–Trinajstić information content (AvgIpc) is 3.27. The van der Waals surface area contributed by atoms with Crippen molar-refractivity contribution in [1.82, 2.24) is 5.32 Å². The molecule has 0 saturated heterocycles. The Hall–Kier alpha value is -2.29. The molecule has 1 aliphatic rings. The third-order valence-electron chi connectivity index (χ3n) is 4.22. The van der Waals surface area contributed by atoms with Gasteiger partial charge in [-0.05, 0) is 43.0 Å². The van der Waals surface area contributed by atoms with Gasteiger partial charge in [0.05, 0.1) is 5.56 Å². The fourth-order valence-corrected chi connectivity index (χ4v) is 2.69. The maximum absolute atomic E-state index is 12.2. The van der Waals surface area contributed by atoms with Gasteiger partial charge in [0.2, 0.25) is 0 Å². The Bertz CT molecular complexity index is 660. The summed E-state index contributed by atoms with van der Waals surface area (Å²) in [5.74, 6) is -0.174. The van der Waals surface area contributed by atoms with Gasteiger partial charge in [-0.1, -0.05) is 36.4 Å². The smallest absolute Gasteiger partial charge is 0.255 e. The first-order valence-electron chi connectivity index (χ1n) is 7.24. The van der Waals surface area contributed by atoms with Crippen molar-refractivity contribution < 1.29 is 9.90 Å². The lowest BCUT2D eigenvalue weighted by Gasteiger charge is -2.17.